The van der Waals surface area contributed by atoms with Crippen LogP contribution in [0.4, 0.5) is 0 Å². The predicted molar refractivity (Wildman–Crippen MR) is 181 cm³/mol. The predicted octanol–water partition coefficient (Wildman–Crippen LogP) is 11.4. The molecule has 0 bridgehead atoms. The first-order chi connectivity index (χ1) is 21.7. The molecular formula is C40H25ClN2O. The smallest absolute Gasteiger partial charge is 0.160 e. The second-order valence-corrected chi connectivity index (χ2v) is 11.2. The van der Waals surface area contributed by atoms with E-state index in [9.17, 15) is 0 Å². The van der Waals surface area contributed by atoms with E-state index in [-0.39, 0.29) is 0 Å². The Kier molecular flexibility index (Phi) is 6.51. The number of halogens is 1. The molecule has 208 valence electrons. The largest absolute Gasteiger partial charge is 0.455 e. The van der Waals surface area contributed by atoms with Crippen LogP contribution in [0.2, 0.25) is 5.02 Å². The Morgan fingerprint density at radius 3 is 1.80 bits per heavy atom. The van der Waals surface area contributed by atoms with Gasteiger partial charge in [0.15, 0.2) is 5.82 Å². The fourth-order valence-electron chi connectivity index (χ4n) is 5.84. The summed E-state index contributed by atoms with van der Waals surface area (Å²) >= 11 is 6.34. The number of fused-ring (bicyclic) bond motifs is 3. The van der Waals surface area contributed by atoms with Gasteiger partial charge in [-0.3, -0.25) is 0 Å². The van der Waals surface area contributed by atoms with Gasteiger partial charge in [0.05, 0.1) is 11.4 Å². The summed E-state index contributed by atoms with van der Waals surface area (Å²) in [7, 11) is 0. The highest BCUT2D eigenvalue weighted by Gasteiger charge is 2.17. The molecule has 4 heteroatoms. The van der Waals surface area contributed by atoms with E-state index in [1.54, 1.807) is 0 Å². The maximum atomic E-state index is 6.52. The average Bonchev–Trinajstić information content (AvgIpc) is 3.48. The lowest BCUT2D eigenvalue weighted by molar-refractivity contribution is 0.670. The summed E-state index contributed by atoms with van der Waals surface area (Å²) in [5.41, 5.74) is 10.8. The van der Waals surface area contributed by atoms with Gasteiger partial charge in [0, 0.05) is 38.0 Å². The molecule has 0 radical (unpaired) electrons. The molecule has 44 heavy (non-hydrogen) atoms. The Morgan fingerprint density at radius 1 is 0.455 bits per heavy atom. The molecule has 8 rings (SSSR count). The summed E-state index contributed by atoms with van der Waals surface area (Å²) in [5.74, 6) is 0.669. The summed E-state index contributed by atoms with van der Waals surface area (Å²) < 4.78 is 6.52. The molecule has 2 heterocycles. The Hall–Kier alpha value is -5.51. The van der Waals surface area contributed by atoms with Gasteiger partial charge < -0.3 is 4.42 Å². The number of benzene rings is 6. The van der Waals surface area contributed by atoms with E-state index in [4.69, 9.17) is 26.0 Å². The van der Waals surface area contributed by atoms with Gasteiger partial charge in [0.2, 0.25) is 0 Å². The lowest BCUT2D eigenvalue weighted by Gasteiger charge is -2.11. The zero-order chi connectivity index (χ0) is 29.5. The Labute approximate surface area is 260 Å². The summed E-state index contributed by atoms with van der Waals surface area (Å²) in [5, 5.41) is 2.91. The van der Waals surface area contributed by atoms with E-state index in [2.05, 4.69) is 72.8 Å². The van der Waals surface area contributed by atoms with Crippen LogP contribution in [-0.2, 0) is 0 Å². The molecule has 0 unspecified atom stereocenters. The van der Waals surface area contributed by atoms with Crippen LogP contribution in [0.3, 0.4) is 0 Å². The van der Waals surface area contributed by atoms with Crippen molar-refractivity contribution < 1.29 is 4.42 Å². The second kappa shape index (κ2) is 11.0. The van der Waals surface area contributed by atoms with Crippen molar-refractivity contribution in [2.45, 2.75) is 0 Å². The molecule has 3 nitrogen and oxygen atoms in total. The number of furan rings is 1. The van der Waals surface area contributed by atoms with Crippen LogP contribution in [0.1, 0.15) is 0 Å². The Morgan fingerprint density at radius 2 is 1.05 bits per heavy atom. The third kappa shape index (κ3) is 4.74. The second-order valence-electron chi connectivity index (χ2n) is 10.7. The highest BCUT2D eigenvalue weighted by atomic mass is 35.5. The number of hydrogen-bond acceptors (Lipinski definition) is 3. The molecule has 0 saturated heterocycles. The van der Waals surface area contributed by atoms with Crippen molar-refractivity contribution >= 4 is 33.5 Å². The standard InChI is InChI=1S/C40H25ClN2O/c41-31-15-9-14-30(24-31)36-25-35(42-40(43-36)29-12-5-2-6-13-29)28-20-18-27(19-21-28)33-23-22-32(26-10-3-1-4-11-26)38-34-16-7-8-17-37(34)44-39(33)38/h1-25H. The average molecular weight is 585 g/mol. The van der Waals surface area contributed by atoms with Gasteiger partial charge in [-0.15, -0.1) is 0 Å². The minimum Gasteiger partial charge on any atom is -0.455 e. The lowest BCUT2D eigenvalue weighted by Crippen LogP contribution is -1.96. The molecule has 0 fully saturated rings. The van der Waals surface area contributed by atoms with E-state index in [0.717, 1.165) is 66.7 Å². The fourth-order valence-corrected chi connectivity index (χ4v) is 6.03. The highest BCUT2D eigenvalue weighted by molar-refractivity contribution is 6.30. The van der Waals surface area contributed by atoms with E-state index in [0.29, 0.717) is 10.8 Å². The van der Waals surface area contributed by atoms with Gasteiger partial charge in [-0.05, 0) is 47.0 Å². The SMILES string of the molecule is Clc1cccc(-c2cc(-c3ccc(-c4ccc(-c5ccccc5)c5c4oc4ccccc45)cc3)nc(-c3ccccc3)n2)c1. The molecule has 6 aromatic carbocycles. The minimum atomic E-state index is 0.669. The minimum absolute atomic E-state index is 0.669. The van der Waals surface area contributed by atoms with Gasteiger partial charge in [0.25, 0.3) is 0 Å². The van der Waals surface area contributed by atoms with Gasteiger partial charge in [-0.25, -0.2) is 9.97 Å². The van der Waals surface area contributed by atoms with Crippen molar-refractivity contribution in [1.82, 2.24) is 9.97 Å². The van der Waals surface area contributed by atoms with Gasteiger partial charge >= 0.3 is 0 Å². The molecule has 8 aromatic rings. The molecular weight excluding hydrogens is 560 g/mol. The zero-order valence-electron chi connectivity index (χ0n) is 23.6. The van der Waals surface area contributed by atoms with Crippen molar-refractivity contribution in [2.24, 2.45) is 0 Å². The van der Waals surface area contributed by atoms with Crippen molar-refractivity contribution in [1.29, 1.82) is 0 Å². The van der Waals surface area contributed by atoms with Crippen LogP contribution in [0, 0.1) is 0 Å². The van der Waals surface area contributed by atoms with Crippen molar-refractivity contribution in [3.05, 3.63) is 157 Å². The number of aromatic nitrogens is 2. The van der Waals surface area contributed by atoms with Crippen LogP contribution in [0.15, 0.2) is 156 Å². The van der Waals surface area contributed by atoms with E-state index in [1.807, 2.05) is 78.9 Å². The third-order valence-electron chi connectivity index (χ3n) is 7.98. The Bertz CT molecular complexity index is 2270. The first kappa shape index (κ1) is 26.1. The molecule has 0 aliphatic rings. The summed E-state index contributed by atoms with van der Waals surface area (Å²) in [6, 6.07) is 51.5. The first-order valence-corrected chi connectivity index (χ1v) is 14.9. The normalized spacial score (nSPS) is 11.3. The van der Waals surface area contributed by atoms with Crippen molar-refractivity contribution in [3.63, 3.8) is 0 Å². The summed E-state index contributed by atoms with van der Waals surface area (Å²) in [4.78, 5) is 9.90. The van der Waals surface area contributed by atoms with E-state index in [1.165, 1.54) is 5.56 Å². The summed E-state index contributed by atoms with van der Waals surface area (Å²) in [6.07, 6.45) is 0. The zero-order valence-corrected chi connectivity index (χ0v) is 24.4. The molecule has 0 spiro atoms. The molecule has 2 aromatic heterocycles. The van der Waals surface area contributed by atoms with E-state index >= 15 is 0 Å². The van der Waals surface area contributed by atoms with Crippen LogP contribution < -0.4 is 0 Å². The topological polar surface area (TPSA) is 38.9 Å². The molecule has 0 aliphatic carbocycles. The van der Waals surface area contributed by atoms with Crippen LogP contribution in [-0.4, -0.2) is 9.97 Å². The number of nitrogens with zero attached hydrogens (tertiary/aromatic N) is 2. The van der Waals surface area contributed by atoms with Gasteiger partial charge in [0.1, 0.15) is 11.2 Å². The van der Waals surface area contributed by atoms with Gasteiger partial charge in [-0.1, -0.05) is 133 Å². The first-order valence-electron chi connectivity index (χ1n) is 14.5. The summed E-state index contributed by atoms with van der Waals surface area (Å²) in [6.45, 7) is 0. The van der Waals surface area contributed by atoms with Crippen molar-refractivity contribution in [2.75, 3.05) is 0 Å². The Balaban J connectivity index is 1.25. The number of hydrogen-bond donors (Lipinski definition) is 0. The number of rotatable bonds is 5. The van der Waals surface area contributed by atoms with E-state index < -0.39 is 0 Å². The maximum Gasteiger partial charge on any atom is 0.160 e. The molecule has 0 aliphatic heterocycles. The maximum absolute atomic E-state index is 6.52. The monoisotopic (exact) mass is 584 g/mol. The van der Waals surface area contributed by atoms with Crippen LogP contribution in [0.25, 0.3) is 78.1 Å². The fraction of sp³-hybridized carbons (Fsp3) is 0. The molecule has 0 amide bonds. The molecule has 0 N–H and O–H groups in total. The van der Waals surface area contributed by atoms with Crippen LogP contribution >= 0.6 is 11.6 Å². The van der Waals surface area contributed by atoms with Gasteiger partial charge in [-0.2, -0.15) is 0 Å². The third-order valence-corrected chi connectivity index (χ3v) is 8.22. The molecule has 0 atom stereocenters. The molecule has 0 saturated carbocycles. The van der Waals surface area contributed by atoms with Crippen molar-refractivity contribution in [3.8, 4) is 56.2 Å². The highest BCUT2D eigenvalue weighted by Crippen LogP contribution is 2.42. The quantitative estimate of drug-likeness (QED) is 0.202. The van der Waals surface area contributed by atoms with Crippen LogP contribution in [0.5, 0.6) is 0 Å². The lowest BCUT2D eigenvalue weighted by atomic mass is 9.94. The number of para-hydroxylation sites is 1.